The van der Waals surface area contributed by atoms with Gasteiger partial charge in [0, 0.05) is 5.69 Å². The molecule has 19 heavy (non-hydrogen) atoms. The zero-order valence-corrected chi connectivity index (χ0v) is 10.3. The van der Waals surface area contributed by atoms with Crippen LogP contribution in [0.5, 0.6) is 11.5 Å². The number of halogens is 1. The maximum Gasteiger partial charge on any atom is 0.252 e. The molecule has 0 fully saturated rings. The van der Waals surface area contributed by atoms with Gasteiger partial charge in [0.25, 0.3) is 5.91 Å². The number of ether oxygens (including phenoxy) is 1. The molecule has 0 radical (unpaired) electrons. The van der Waals surface area contributed by atoms with Crippen molar-refractivity contribution in [2.45, 2.75) is 6.92 Å². The minimum absolute atomic E-state index is 0.0345. The molecule has 2 aromatic carbocycles. The minimum Gasteiger partial charge on any atom is -0.453 e. The topological polar surface area (TPSA) is 78.3 Å². The van der Waals surface area contributed by atoms with E-state index in [1.54, 1.807) is 12.1 Å². The number of primary amides is 1. The summed E-state index contributed by atoms with van der Waals surface area (Å²) in [5.41, 5.74) is 12.1. The zero-order chi connectivity index (χ0) is 14.0. The summed E-state index contributed by atoms with van der Waals surface area (Å²) in [4.78, 5) is 11.3. The van der Waals surface area contributed by atoms with Gasteiger partial charge >= 0.3 is 0 Å². The zero-order valence-electron chi connectivity index (χ0n) is 10.3. The number of amides is 1. The lowest BCUT2D eigenvalue weighted by molar-refractivity contribution is 0.0998. The third-order valence-corrected chi connectivity index (χ3v) is 2.58. The molecule has 0 aliphatic rings. The van der Waals surface area contributed by atoms with Gasteiger partial charge in [-0.2, -0.15) is 0 Å². The summed E-state index contributed by atoms with van der Waals surface area (Å²) in [5.74, 6) is -0.994. The molecule has 0 saturated heterocycles. The van der Waals surface area contributed by atoms with Crippen molar-refractivity contribution in [1.82, 2.24) is 0 Å². The number of hydrogen-bond acceptors (Lipinski definition) is 3. The maximum atomic E-state index is 13.6. The van der Waals surface area contributed by atoms with E-state index in [9.17, 15) is 9.18 Å². The molecule has 4 nitrogen and oxygen atoms in total. The molecule has 0 spiro atoms. The average Bonchev–Trinajstić information content (AvgIpc) is 2.35. The molecule has 5 heteroatoms. The molecule has 4 N–H and O–H groups in total. The molecule has 0 unspecified atom stereocenters. The summed E-state index contributed by atoms with van der Waals surface area (Å²) < 4.78 is 19.0. The first-order valence-electron chi connectivity index (χ1n) is 5.60. The Balaban J connectivity index is 2.43. The number of anilines is 1. The van der Waals surface area contributed by atoms with Gasteiger partial charge in [0.2, 0.25) is 0 Å². The molecule has 0 aliphatic heterocycles. The predicted molar refractivity (Wildman–Crippen MR) is 70.6 cm³/mol. The first-order valence-corrected chi connectivity index (χ1v) is 5.60. The Morgan fingerprint density at radius 1 is 1.16 bits per heavy atom. The number of nitrogens with two attached hydrogens (primary N) is 2. The van der Waals surface area contributed by atoms with Crippen molar-refractivity contribution in [1.29, 1.82) is 0 Å². The van der Waals surface area contributed by atoms with Crippen LogP contribution in [-0.2, 0) is 0 Å². The normalized spacial score (nSPS) is 10.2. The van der Waals surface area contributed by atoms with Crippen molar-refractivity contribution in [2.75, 3.05) is 5.73 Å². The third-order valence-electron chi connectivity index (χ3n) is 2.58. The van der Waals surface area contributed by atoms with E-state index in [0.717, 1.165) is 5.56 Å². The highest BCUT2D eigenvalue weighted by Crippen LogP contribution is 2.29. The van der Waals surface area contributed by atoms with Crippen LogP contribution in [0.1, 0.15) is 15.9 Å². The summed E-state index contributed by atoms with van der Waals surface area (Å²) >= 11 is 0. The van der Waals surface area contributed by atoms with E-state index >= 15 is 0 Å². The fourth-order valence-corrected chi connectivity index (χ4v) is 1.64. The molecule has 2 rings (SSSR count). The number of nitrogen functional groups attached to an aromatic ring is 1. The Bertz CT molecular complexity index is 641. The summed E-state index contributed by atoms with van der Waals surface area (Å²) in [6, 6.07) is 8.89. The maximum absolute atomic E-state index is 13.6. The second kappa shape index (κ2) is 4.97. The molecule has 0 aliphatic carbocycles. The average molecular weight is 260 g/mol. The lowest BCUT2D eigenvalue weighted by Gasteiger charge is -2.11. The summed E-state index contributed by atoms with van der Waals surface area (Å²) in [6.45, 7) is 1.81. The second-order valence-electron chi connectivity index (χ2n) is 4.16. The SMILES string of the molecule is Cc1ccc(F)c(Oc2ccc(N)cc2C(N)=O)c1. The molecule has 1 amide bonds. The van der Waals surface area contributed by atoms with Crippen LogP contribution in [0.25, 0.3) is 0 Å². The van der Waals surface area contributed by atoms with E-state index < -0.39 is 11.7 Å². The van der Waals surface area contributed by atoms with Crippen LogP contribution in [0.4, 0.5) is 10.1 Å². The van der Waals surface area contributed by atoms with Crippen molar-refractivity contribution in [3.8, 4) is 11.5 Å². The van der Waals surface area contributed by atoms with Crippen molar-refractivity contribution < 1.29 is 13.9 Å². The minimum atomic E-state index is -0.685. The van der Waals surface area contributed by atoms with Crippen molar-refractivity contribution >= 4 is 11.6 Å². The third kappa shape index (κ3) is 2.82. The molecule has 0 aromatic heterocycles. The lowest BCUT2D eigenvalue weighted by Crippen LogP contribution is -2.12. The monoisotopic (exact) mass is 260 g/mol. The number of carbonyl (C=O) groups excluding carboxylic acids is 1. The first kappa shape index (κ1) is 12.9. The van der Waals surface area contributed by atoms with E-state index in [4.69, 9.17) is 16.2 Å². The van der Waals surface area contributed by atoms with Crippen LogP contribution in [0.2, 0.25) is 0 Å². The summed E-state index contributed by atoms with van der Waals surface area (Å²) in [6.07, 6.45) is 0. The molecular weight excluding hydrogens is 247 g/mol. The molecule has 2 aromatic rings. The number of aryl methyl sites for hydroxylation is 1. The Labute approximate surface area is 109 Å². The van der Waals surface area contributed by atoms with Crippen LogP contribution in [0.3, 0.4) is 0 Å². The highest BCUT2D eigenvalue weighted by molar-refractivity contribution is 5.96. The van der Waals surface area contributed by atoms with Crippen molar-refractivity contribution in [3.63, 3.8) is 0 Å². The molecule has 0 saturated carbocycles. The van der Waals surface area contributed by atoms with E-state index in [0.29, 0.717) is 5.69 Å². The van der Waals surface area contributed by atoms with Gasteiger partial charge < -0.3 is 16.2 Å². The Morgan fingerprint density at radius 3 is 2.58 bits per heavy atom. The first-order chi connectivity index (χ1) is 8.97. The summed E-state index contributed by atoms with van der Waals surface area (Å²) in [5, 5.41) is 0. The molecule has 0 atom stereocenters. The van der Waals surface area contributed by atoms with E-state index in [2.05, 4.69) is 0 Å². The van der Waals surface area contributed by atoms with E-state index in [-0.39, 0.29) is 17.1 Å². The fourth-order valence-electron chi connectivity index (χ4n) is 1.64. The van der Waals surface area contributed by atoms with Gasteiger partial charge in [-0.3, -0.25) is 4.79 Å². The van der Waals surface area contributed by atoms with Gasteiger partial charge in [0.05, 0.1) is 5.56 Å². The van der Waals surface area contributed by atoms with Gasteiger partial charge in [0.1, 0.15) is 5.75 Å². The fraction of sp³-hybridized carbons (Fsp3) is 0.0714. The van der Waals surface area contributed by atoms with Crippen LogP contribution in [0.15, 0.2) is 36.4 Å². The van der Waals surface area contributed by atoms with Crippen LogP contribution < -0.4 is 16.2 Å². The molecule has 98 valence electrons. The van der Waals surface area contributed by atoms with Crippen LogP contribution >= 0.6 is 0 Å². The lowest BCUT2D eigenvalue weighted by atomic mass is 10.1. The Kier molecular flexibility index (Phi) is 3.37. The van der Waals surface area contributed by atoms with Gasteiger partial charge in [-0.1, -0.05) is 6.07 Å². The van der Waals surface area contributed by atoms with Gasteiger partial charge in [0.15, 0.2) is 11.6 Å². The standard InChI is InChI=1S/C14H13FN2O2/c1-8-2-4-11(15)13(6-8)19-12-5-3-9(16)7-10(12)14(17)18/h2-7H,16H2,1H3,(H2,17,18). The van der Waals surface area contributed by atoms with Crippen molar-refractivity contribution in [3.05, 3.63) is 53.3 Å². The van der Waals surface area contributed by atoms with Gasteiger partial charge in [-0.05, 0) is 42.8 Å². The quantitative estimate of drug-likeness (QED) is 0.832. The van der Waals surface area contributed by atoms with E-state index in [1.807, 2.05) is 6.92 Å². The van der Waals surface area contributed by atoms with Crippen LogP contribution in [-0.4, -0.2) is 5.91 Å². The second-order valence-corrected chi connectivity index (χ2v) is 4.16. The van der Waals surface area contributed by atoms with Crippen LogP contribution in [0, 0.1) is 12.7 Å². The van der Waals surface area contributed by atoms with E-state index in [1.165, 1.54) is 24.3 Å². The molecular formula is C14H13FN2O2. The molecule has 0 bridgehead atoms. The van der Waals surface area contributed by atoms with Gasteiger partial charge in [-0.15, -0.1) is 0 Å². The Hall–Kier alpha value is -2.56. The smallest absolute Gasteiger partial charge is 0.252 e. The highest BCUT2D eigenvalue weighted by Gasteiger charge is 2.13. The number of carbonyl (C=O) groups is 1. The number of rotatable bonds is 3. The summed E-state index contributed by atoms with van der Waals surface area (Å²) in [7, 11) is 0. The van der Waals surface area contributed by atoms with Gasteiger partial charge in [-0.25, -0.2) is 4.39 Å². The highest BCUT2D eigenvalue weighted by atomic mass is 19.1. The number of benzene rings is 2. The Morgan fingerprint density at radius 2 is 1.89 bits per heavy atom. The largest absolute Gasteiger partial charge is 0.453 e. The predicted octanol–water partition coefficient (Wildman–Crippen LogP) is 2.61. The molecule has 0 heterocycles. The van der Waals surface area contributed by atoms with Crippen molar-refractivity contribution in [2.24, 2.45) is 5.73 Å². The number of hydrogen-bond donors (Lipinski definition) is 2.